The Morgan fingerprint density at radius 1 is 1.50 bits per heavy atom. The number of aromatic nitrogens is 3. The van der Waals surface area contributed by atoms with E-state index in [9.17, 15) is 0 Å². The first-order valence-electron chi connectivity index (χ1n) is 4.93. The van der Waals surface area contributed by atoms with E-state index in [4.69, 9.17) is 9.78 Å². The van der Waals surface area contributed by atoms with E-state index in [2.05, 4.69) is 15.1 Å². The summed E-state index contributed by atoms with van der Waals surface area (Å²) in [6, 6.07) is 5.83. The van der Waals surface area contributed by atoms with Crippen LogP contribution in [0.4, 0.5) is 0 Å². The van der Waals surface area contributed by atoms with Gasteiger partial charge in [0.1, 0.15) is 5.69 Å². The zero-order chi connectivity index (χ0) is 11.4. The van der Waals surface area contributed by atoms with Gasteiger partial charge in [-0.1, -0.05) is 11.2 Å². The molecular weight excluding hydrogens is 204 g/mol. The molecule has 2 rings (SSSR count). The van der Waals surface area contributed by atoms with E-state index in [-0.39, 0.29) is 0 Å². The van der Waals surface area contributed by atoms with Gasteiger partial charge >= 0.3 is 0 Å². The van der Waals surface area contributed by atoms with Gasteiger partial charge in [-0.15, -0.1) is 0 Å². The zero-order valence-electron chi connectivity index (χ0n) is 8.84. The number of pyridine rings is 1. The first kappa shape index (κ1) is 10.3. The van der Waals surface area contributed by atoms with E-state index in [1.807, 2.05) is 25.1 Å². The van der Waals surface area contributed by atoms with E-state index in [0.717, 1.165) is 11.3 Å². The maximum atomic E-state index is 8.44. The number of nitriles is 1. The Balaban J connectivity index is 2.26. The molecule has 0 N–H and O–H groups in total. The van der Waals surface area contributed by atoms with Gasteiger partial charge in [-0.25, -0.2) is 0 Å². The largest absolute Gasteiger partial charge is 0.339 e. The fraction of sp³-hybridized carbons (Fsp3) is 0.273. The first-order valence-corrected chi connectivity index (χ1v) is 4.93. The highest BCUT2D eigenvalue weighted by atomic mass is 16.5. The zero-order valence-corrected chi connectivity index (χ0v) is 8.84. The molecule has 0 aliphatic heterocycles. The molecule has 16 heavy (non-hydrogen) atoms. The summed E-state index contributed by atoms with van der Waals surface area (Å²) in [4.78, 5) is 8.38. The minimum absolute atomic E-state index is 0.378. The molecule has 0 radical (unpaired) electrons. The number of aryl methyl sites for hydroxylation is 2. The van der Waals surface area contributed by atoms with E-state index in [1.54, 1.807) is 6.20 Å². The molecule has 5 nitrogen and oxygen atoms in total. The molecule has 0 fully saturated rings. The van der Waals surface area contributed by atoms with E-state index < -0.39 is 0 Å². The van der Waals surface area contributed by atoms with Crippen molar-refractivity contribution in [2.24, 2.45) is 0 Å². The van der Waals surface area contributed by atoms with Crippen molar-refractivity contribution in [3.63, 3.8) is 0 Å². The molecule has 0 spiro atoms. The fourth-order valence-corrected chi connectivity index (χ4v) is 1.34. The summed E-state index contributed by atoms with van der Waals surface area (Å²) < 4.78 is 5.02. The lowest BCUT2D eigenvalue weighted by atomic mass is 10.2. The molecule has 2 aromatic rings. The quantitative estimate of drug-likeness (QED) is 0.779. The molecule has 0 aliphatic rings. The smallest absolute Gasteiger partial charge is 0.228 e. The Morgan fingerprint density at radius 3 is 3.12 bits per heavy atom. The molecule has 0 atom stereocenters. The van der Waals surface area contributed by atoms with Crippen LogP contribution in [0.5, 0.6) is 0 Å². The molecule has 0 unspecified atom stereocenters. The van der Waals surface area contributed by atoms with Crippen LogP contribution in [0.3, 0.4) is 0 Å². The summed E-state index contributed by atoms with van der Waals surface area (Å²) in [5.41, 5.74) is 1.71. The fourth-order valence-electron chi connectivity index (χ4n) is 1.34. The van der Waals surface area contributed by atoms with Crippen molar-refractivity contribution < 1.29 is 4.52 Å². The third kappa shape index (κ3) is 2.06. The van der Waals surface area contributed by atoms with Crippen molar-refractivity contribution in [2.75, 3.05) is 0 Å². The van der Waals surface area contributed by atoms with Gasteiger partial charge in [-0.05, 0) is 18.6 Å². The summed E-state index contributed by atoms with van der Waals surface area (Å²) >= 11 is 0. The lowest BCUT2D eigenvalue weighted by molar-refractivity contribution is 0.380. The van der Waals surface area contributed by atoms with Crippen LogP contribution in [0.1, 0.15) is 17.9 Å². The van der Waals surface area contributed by atoms with Gasteiger partial charge in [-0.3, -0.25) is 4.98 Å². The van der Waals surface area contributed by atoms with Gasteiger partial charge in [0.2, 0.25) is 11.7 Å². The highest BCUT2D eigenvalue weighted by Crippen LogP contribution is 2.17. The van der Waals surface area contributed by atoms with Crippen LogP contribution < -0.4 is 0 Å². The van der Waals surface area contributed by atoms with Crippen LogP contribution in [0.25, 0.3) is 11.5 Å². The molecule has 0 aromatic carbocycles. The molecule has 2 aromatic heterocycles. The molecule has 2 heterocycles. The summed E-state index contributed by atoms with van der Waals surface area (Å²) in [6.45, 7) is 1.94. The highest BCUT2D eigenvalue weighted by Gasteiger charge is 2.11. The molecule has 0 bridgehead atoms. The SMILES string of the molecule is Cc1cccnc1-c1noc(CCC#N)n1. The van der Waals surface area contributed by atoms with Gasteiger partial charge < -0.3 is 4.52 Å². The van der Waals surface area contributed by atoms with Crippen molar-refractivity contribution >= 4 is 0 Å². The summed E-state index contributed by atoms with van der Waals surface area (Å²) in [5.74, 6) is 0.952. The van der Waals surface area contributed by atoms with Crippen molar-refractivity contribution in [3.05, 3.63) is 29.8 Å². The van der Waals surface area contributed by atoms with E-state index in [0.29, 0.717) is 24.6 Å². The minimum Gasteiger partial charge on any atom is -0.339 e. The number of hydrogen-bond donors (Lipinski definition) is 0. The van der Waals surface area contributed by atoms with Gasteiger partial charge in [-0.2, -0.15) is 10.2 Å². The van der Waals surface area contributed by atoms with Gasteiger partial charge in [0.15, 0.2) is 0 Å². The highest BCUT2D eigenvalue weighted by molar-refractivity contribution is 5.52. The number of nitrogens with zero attached hydrogens (tertiary/aromatic N) is 4. The Morgan fingerprint density at radius 2 is 2.38 bits per heavy atom. The Bertz CT molecular complexity index is 527. The van der Waals surface area contributed by atoms with Gasteiger partial charge in [0, 0.05) is 19.0 Å². The molecule has 0 saturated carbocycles. The molecule has 0 aliphatic carbocycles. The van der Waals surface area contributed by atoms with Crippen LogP contribution in [-0.2, 0) is 6.42 Å². The topological polar surface area (TPSA) is 75.6 Å². The predicted molar refractivity (Wildman–Crippen MR) is 56.2 cm³/mol. The van der Waals surface area contributed by atoms with Crippen LogP contribution in [0.2, 0.25) is 0 Å². The number of hydrogen-bond acceptors (Lipinski definition) is 5. The van der Waals surface area contributed by atoms with Crippen molar-refractivity contribution in [2.45, 2.75) is 19.8 Å². The first-order chi connectivity index (χ1) is 7.81. The second-order valence-corrected chi connectivity index (χ2v) is 3.34. The Kier molecular flexibility index (Phi) is 2.92. The van der Waals surface area contributed by atoms with Crippen molar-refractivity contribution in [1.82, 2.24) is 15.1 Å². The third-order valence-corrected chi connectivity index (χ3v) is 2.14. The predicted octanol–water partition coefficient (Wildman–Crippen LogP) is 1.90. The number of rotatable bonds is 3. The second-order valence-electron chi connectivity index (χ2n) is 3.34. The van der Waals surface area contributed by atoms with Crippen molar-refractivity contribution in [3.8, 4) is 17.6 Å². The molecule has 0 saturated heterocycles. The Hall–Kier alpha value is -2.22. The molecule has 80 valence electrons. The van der Waals surface area contributed by atoms with Crippen molar-refractivity contribution in [1.29, 1.82) is 5.26 Å². The van der Waals surface area contributed by atoms with Gasteiger partial charge in [0.25, 0.3) is 0 Å². The summed E-state index contributed by atoms with van der Waals surface area (Å²) in [7, 11) is 0. The maximum absolute atomic E-state index is 8.44. The maximum Gasteiger partial charge on any atom is 0.228 e. The summed E-state index contributed by atoms with van der Waals surface area (Å²) in [6.07, 6.45) is 2.55. The monoisotopic (exact) mass is 214 g/mol. The average Bonchev–Trinajstić information content (AvgIpc) is 2.75. The van der Waals surface area contributed by atoms with Crippen LogP contribution in [0.15, 0.2) is 22.9 Å². The molecule has 5 heteroatoms. The molecule has 0 amide bonds. The van der Waals surface area contributed by atoms with E-state index >= 15 is 0 Å². The standard InChI is InChI=1S/C11H10N4O/c1-8-4-3-7-13-10(8)11-14-9(16-15-11)5-2-6-12/h3-4,7H,2,5H2,1H3. The van der Waals surface area contributed by atoms with Gasteiger partial charge in [0.05, 0.1) is 6.07 Å². The normalized spacial score (nSPS) is 10.0. The Labute approximate surface area is 92.7 Å². The second kappa shape index (κ2) is 4.53. The van der Waals surface area contributed by atoms with Crippen LogP contribution in [0, 0.1) is 18.3 Å². The van der Waals surface area contributed by atoms with Crippen LogP contribution >= 0.6 is 0 Å². The van der Waals surface area contributed by atoms with Crippen LogP contribution in [-0.4, -0.2) is 15.1 Å². The lowest BCUT2D eigenvalue weighted by Gasteiger charge is -1.96. The molecular formula is C11H10N4O. The lowest BCUT2D eigenvalue weighted by Crippen LogP contribution is -1.90. The third-order valence-electron chi connectivity index (χ3n) is 2.14. The van der Waals surface area contributed by atoms with E-state index in [1.165, 1.54) is 0 Å². The summed E-state index contributed by atoms with van der Waals surface area (Å²) in [5, 5.41) is 12.3. The minimum atomic E-state index is 0.378. The average molecular weight is 214 g/mol.